The van der Waals surface area contributed by atoms with E-state index in [-0.39, 0.29) is 6.17 Å². The minimum Gasteiger partial charge on any atom is -0.393 e. The number of aliphatic hydroxyl groups excluding tert-OH is 1. The molecule has 3 nitrogen and oxygen atoms in total. The van der Waals surface area contributed by atoms with Crippen LogP contribution in [0.25, 0.3) is 0 Å². The Labute approximate surface area is 103 Å². The molecule has 0 amide bonds. The van der Waals surface area contributed by atoms with Gasteiger partial charge in [0.2, 0.25) is 0 Å². The molecule has 0 spiro atoms. The van der Waals surface area contributed by atoms with Gasteiger partial charge in [-0.05, 0) is 31.2 Å². The quantitative estimate of drug-likeness (QED) is 0.763. The molecule has 1 fully saturated rings. The fraction of sp³-hybridized carbons (Fsp3) is 0.500. The fourth-order valence-corrected chi connectivity index (χ4v) is 1.99. The van der Waals surface area contributed by atoms with E-state index in [1.54, 1.807) is 6.07 Å². The number of piperidine rings is 1. The third kappa shape index (κ3) is 3.36. The summed E-state index contributed by atoms with van der Waals surface area (Å²) in [6, 6.07) is 5.05. The van der Waals surface area contributed by atoms with Crippen molar-refractivity contribution in [3.63, 3.8) is 0 Å². The molecule has 0 aromatic heterocycles. The van der Waals surface area contributed by atoms with Crippen LogP contribution in [0, 0.1) is 0 Å². The molecule has 18 heavy (non-hydrogen) atoms. The van der Waals surface area contributed by atoms with Crippen molar-refractivity contribution in [3.05, 3.63) is 29.8 Å². The van der Waals surface area contributed by atoms with E-state index < -0.39 is 17.8 Å². The summed E-state index contributed by atoms with van der Waals surface area (Å²) < 4.78 is 37.6. The molecule has 1 aliphatic heterocycles. The van der Waals surface area contributed by atoms with Crippen molar-refractivity contribution >= 4 is 5.69 Å². The van der Waals surface area contributed by atoms with Gasteiger partial charge in [0.15, 0.2) is 0 Å². The van der Waals surface area contributed by atoms with Crippen molar-refractivity contribution in [1.29, 1.82) is 0 Å². The van der Waals surface area contributed by atoms with Gasteiger partial charge in [0.25, 0.3) is 0 Å². The highest BCUT2D eigenvalue weighted by Gasteiger charge is 2.30. The summed E-state index contributed by atoms with van der Waals surface area (Å²) in [6.07, 6.45) is -3.79. The van der Waals surface area contributed by atoms with Crippen LogP contribution in [0.5, 0.6) is 0 Å². The summed E-state index contributed by atoms with van der Waals surface area (Å²) in [5.74, 6) is 0. The summed E-state index contributed by atoms with van der Waals surface area (Å²) in [7, 11) is 0. The van der Waals surface area contributed by atoms with Crippen molar-refractivity contribution in [2.75, 3.05) is 11.9 Å². The van der Waals surface area contributed by atoms with Gasteiger partial charge < -0.3 is 10.4 Å². The van der Waals surface area contributed by atoms with Gasteiger partial charge in [-0.2, -0.15) is 13.2 Å². The van der Waals surface area contributed by atoms with E-state index in [0.29, 0.717) is 25.1 Å². The Hall–Kier alpha value is -1.27. The number of benzene rings is 1. The lowest BCUT2D eigenvalue weighted by Gasteiger charge is -2.29. The molecule has 2 unspecified atom stereocenters. The third-order valence-corrected chi connectivity index (χ3v) is 2.91. The van der Waals surface area contributed by atoms with Crippen molar-refractivity contribution in [1.82, 2.24) is 5.32 Å². The van der Waals surface area contributed by atoms with Gasteiger partial charge in [-0.25, -0.2) is 0 Å². The molecule has 3 N–H and O–H groups in total. The summed E-state index contributed by atoms with van der Waals surface area (Å²) in [4.78, 5) is 0. The Morgan fingerprint density at radius 1 is 1.33 bits per heavy atom. The molecule has 1 heterocycles. The molecule has 1 aromatic carbocycles. The van der Waals surface area contributed by atoms with Crippen LogP contribution >= 0.6 is 0 Å². The normalized spacial score (nSPS) is 24.9. The molecule has 1 saturated heterocycles. The molecule has 1 aromatic rings. The highest BCUT2D eigenvalue weighted by Crippen LogP contribution is 2.30. The summed E-state index contributed by atoms with van der Waals surface area (Å²) in [5.41, 5.74) is -0.278. The molecule has 0 aliphatic carbocycles. The van der Waals surface area contributed by atoms with E-state index in [4.69, 9.17) is 0 Å². The molecule has 6 heteroatoms. The van der Waals surface area contributed by atoms with Crippen LogP contribution in [-0.4, -0.2) is 23.9 Å². The number of alkyl halides is 3. The number of nitrogens with one attached hydrogen (secondary N) is 2. The van der Waals surface area contributed by atoms with Gasteiger partial charge >= 0.3 is 6.18 Å². The maximum atomic E-state index is 12.5. The summed E-state index contributed by atoms with van der Waals surface area (Å²) >= 11 is 0. The second-order valence-corrected chi connectivity index (χ2v) is 4.41. The van der Waals surface area contributed by atoms with Crippen molar-refractivity contribution in [2.45, 2.75) is 31.3 Å². The largest absolute Gasteiger partial charge is 0.416 e. The SMILES string of the molecule is OC1CCNC(Nc2cccc(C(F)(F)F)c2)C1. The summed E-state index contributed by atoms with van der Waals surface area (Å²) in [5, 5.41) is 15.5. The molecule has 0 saturated carbocycles. The van der Waals surface area contributed by atoms with Crippen LogP contribution in [0.2, 0.25) is 0 Å². The van der Waals surface area contributed by atoms with Crippen molar-refractivity contribution in [2.24, 2.45) is 0 Å². The molecule has 100 valence electrons. The van der Waals surface area contributed by atoms with Crippen LogP contribution in [0.4, 0.5) is 18.9 Å². The van der Waals surface area contributed by atoms with Gasteiger partial charge in [0.1, 0.15) is 0 Å². The highest BCUT2D eigenvalue weighted by molar-refractivity contribution is 5.47. The summed E-state index contributed by atoms with van der Waals surface area (Å²) in [6.45, 7) is 0.651. The molecule has 0 bridgehead atoms. The predicted octanol–water partition coefficient (Wildman–Crippen LogP) is 2.19. The first-order valence-corrected chi connectivity index (χ1v) is 5.80. The highest BCUT2D eigenvalue weighted by atomic mass is 19.4. The van der Waals surface area contributed by atoms with Crippen LogP contribution in [-0.2, 0) is 6.18 Å². The van der Waals surface area contributed by atoms with Crippen LogP contribution < -0.4 is 10.6 Å². The second-order valence-electron chi connectivity index (χ2n) is 4.41. The average Bonchev–Trinajstić information content (AvgIpc) is 2.28. The minimum absolute atomic E-state index is 0.197. The Bertz CT molecular complexity index is 409. The van der Waals surface area contributed by atoms with Gasteiger partial charge in [0, 0.05) is 12.1 Å². The standard InChI is InChI=1S/C12H15F3N2O/c13-12(14,15)8-2-1-3-9(6-8)17-11-7-10(18)4-5-16-11/h1-3,6,10-11,16-18H,4-5,7H2. The minimum atomic E-state index is -4.34. The number of halogens is 3. The van der Waals surface area contributed by atoms with Gasteiger partial charge in [-0.1, -0.05) is 6.07 Å². The molecule has 0 radical (unpaired) electrons. The van der Waals surface area contributed by atoms with E-state index in [1.807, 2.05) is 0 Å². The van der Waals surface area contributed by atoms with E-state index >= 15 is 0 Å². The zero-order valence-electron chi connectivity index (χ0n) is 9.67. The molecule has 2 rings (SSSR count). The molecular weight excluding hydrogens is 245 g/mol. The smallest absolute Gasteiger partial charge is 0.393 e. The first-order valence-electron chi connectivity index (χ1n) is 5.80. The number of hydrogen-bond donors (Lipinski definition) is 3. The van der Waals surface area contributed by atoms with Crippen LogP contribution in [0.1, 0.15) is 18.4 Å². The Balaban J connectivity index is 2.05. The average molecular weight is 260 g/mol. The van der Waals surface area contributed by atoms with Crippen molar-refractivity contribution in [3.8, 4) is 0 Å². The topological polar surface area (TPSA) is 44.3 Å². The maximum Gasteiger partial charge on any atom is 0.416 e. The van der Waals surface area contributed by atoms with E-state index in [1.165, 1.54) is 6.07 Å². The third-order valence-electron chi connectivity index (χ3n) is 2.91. The molecule has 2 atom stereocenters. The monoisotopic (exact) mass is 260 g/mol. The van der Waals surface area contributed by atoms with E-state index in [0.717, 1.165) is 12.1 Å². The number of hydrogen-bond acceptors (Lipinski definition) is 3. The number of rotatable bonds is 2. The Kier molecular flexibility index (Phi) is 3.77. The van der Waals surface area contributed by atoms with Crippen molar-refractivity contribution < 1.29 is 18.3 Å². The van der Waals surface area contributed by atoms with Gasteiger partial charge in [-0.3, -0.25) is 5.32 Å². The number of aliphatic hydroxyl groups is 1. The van der Waals surface area contributed by atoms with Gasteiger partial charge in [-0.15, -0.1) is 0 Å². The Morgan fingerprint density at radius 2 is 2.11 bits per heavy atom. The lowest BCUT2D eigenvalue weighted by molar-refractivity contribution is -0.137. The maximum absolute atomic E-state index is 12.5. The van der Waals surface area contributed by atoms with Gasteiger partial charge in [0.05, 0.1) is 17.8 Å². The first kappa shape index (κ1) is 13.2. The Morgan fingerprint density at radius 3 is 2.78 bits per heavy atom. The predicted molar refractivity (Wildman–Crippen MR) is 62.1 cm³/mol. The fourth-order valence-electron chi connectivity index (χ4n) is 1.99. The lowest BCUT2D eigenvalue weighted by Crippen LogP contribution is -2.45. The second kappa shape index (κ2) is 5.16. The first-order chi connectivity index (χ1) is 8.45. The number of anilines is 1. The van der Waals surface area contributed by atoms with Crippen LogP contribution in [0.3, 0.4) is 0 Å². The zero-order valence-corrected chi connectivity index (χ0v) is 9.67. The van der Waals surface area contributed by atoms with E-state index in [9.17, 15) is 18.3 Å². The molecular formula is C12H15F3N2O. The molecule has 1 aliphatic rings. The lowest BCUT2D eigenvalue weighted by atomic mass is 10.1. The van der Waals surface area contributed by atoms with Crippen LogP contribution in [0.15, 0.2) is 24.3 Å². The van der Waals surface area contributed by atoms with E-state index in [2.05, 4.69) is 10.6 Å². The zero-order chi connectivity index (χ0) is 13.2.